The second-order valence-corrected chi connectivity index (χ2v) is 6.65. The number of nitrogens with zero attached hydrogens (tertiary/aromatic N) is 1. The van der Waals surface area contributed by atoms with Crippen molar-refractivity contribution < 1.29 is 15.0 Å². The zero-order valence-corrected chi connectivity index (χ0v) is 13.7. The molecule has 0 heterocycles. The second-order valence-electron chi connectivity index (χ2n) is 5.07. The van der Waals surface area contributed by atoms with Crippen molar-refractivity contribution in [1.82, 2.24) is 9.62 Å². The van der Waals surface area contributed by atoms with E-state index in [1.165, 1.54) is 11.9 Å². The Balaban J connectivity index is 2.55. The van der Waals surface area contributed by atoms with E-state index in [4.69, 9.17) is 16.7 Å². The number of carbonyl (C=O) groups is 1. The molecule has 0 saturated carbocycles. The number of phenolic OH excluding ortho intramolecular Hbond substituents is 1. The number of rotatable bonds is 8. The van der Waals surface area contributed by atoms with Gasteiger partial charge in [-0.25, -0.2) is 9.10 Å². The Kier molecular flexibility index (Phi) is 7.71. The Labute approximate surface area is 134 Å². The number of aromatic hydroxyl groups is 1. The summed E-state index contributed by atoms with van der Waals surface area (Å²) in [6.07, 6.45) is -0.272. The number of hydrogen-bond acceptors (Lipinski definition) is 4. The largest absolute Gasteiger partial charge is 0.506 e. The fourth-order valence-corrected chi connectivity index (χ4v) is 3.03. The van der Waals surface area contributed by atoms with Crippen molar-refractivity contribution in [3.05, 3.63) is 23.2 Å². The van der Waals surface area contributed by atoms with Gasteiger partial charge in [-0.1, -0.05) is 25.4 Å². The summed E-state index contributed by atoms with van der Waals surface area (Å²) in [5.41, 5.74) is 0. The van der Waals surface area contributed by atoms with E-state index in [0.29, 0.717) is 17.5 Å². The van der Waals surface area contributed by atoms with Gasteiger partial charge in [0.1, 0.15) is 5.75 Å². The van der Waals surface area contributed by atoms with Crippen molar-refractivity contribution in [2.75, 3.05) is 19.6 Å². The van der Waals surface area contributed by atoms with Gasteiger partial charge in [-0.2, -0.15) is 0 Å². The van der Waals surface area contributed by atoms with Gasteiger partial charge in [0, 0.05) is 24.5 Å². The molecule has 1 aromatic rings. The molecule has 118 valence electrons. The normalized spacial score (nSPS) is 11.1. The number of halogens is 1. The Bertz CT molecular complexity index is 472. The van der Waals surface area contributed by atoms with Crippen LogP contribution in [0.3, 0.4) is 0 Å². The van der Waals surface area contributed by atoms with Crippen LogP contribution in [-0.4, -0.2) is 40.2 Å². The van der Waals surface area contributed by atoms with Crippen molar-refractivity contribution in [1.29, 1.82) is 0 Å². The molecular weight excluding hydrogens is 312 g/mol. The second kappa shape index (κ2) is 9.02. The Morgan fingerprint density at radius 1 is 1.48 bits per heavy atom. The third-order valence-corrected chi connectivity index (χ3v) is 3.96. The van der Waals surface area contributed by atoms with E-state index < -0.39 is 6.09 Å². The van der Waals surface area contributed by atoms with Gasteiger partial charge in [0.2, 0.25) is 0 Å². The fourth-order valence-electron chi connectivity index (χ4n) is 1.73. The molecule has 0 radical (unpaired) electrons. The molecule has 1 rings (SSSR count). The zero-order chi connectivity index (χ0) is 15.8. The first-order chi connectivity index (χ1) is 9.88. The summed E-state index contributed by atoms with van der Waals surface area (Å²) in [6, 6.07) is 5.16. The molecule has 0 bridgehead atoms. The monoisotopic (exact) mass is 332 g/mol. The summed E-state index contributed by atoms with van der Waals surface area (Å²) >= 11 is 7.34. The number of carboxylic acid groups (broad SMARTS) is 1. The molecule has 21 heavy (non-hydrogen) atoms. The van der Waals surface area contributed by atoms with Gasteiger partial charge in [0.05, 0.1) is 5.02 Å². The molecule has 0 saturated heterocycles. The lowest BCUT2D eigenvalue weighted by molar-refractivity contribution is 0.194. The van der Waals surface area contributed by atoms with Crippen molar-refractivity contribution in [3.63, 3.8) is 0 Å². The molecule has 7 heteroatoms. The Morgan fingerprint density at radius 2 is 2.19 bits per heavy atom. The summed E-state index contributed by atoms with van der Waals surface area (Å²) < 4.78 is 2.16. The highest BCUT2D eigenvalue weighted by atomic mass is 35.5. The van der Waals surface area contributed by atoms with E-state index in [1.54, 1.807) is 12.1 Å². The van der Waals surface area contributed by atoms with Gasteiger partial charge >= 0.3 is 6.09 Å². The molecule has 0 unspecified atom stereocenters. The first-order valence-electron chi connectivity index (χ1n) is 6.76. The maximum atomic E-state index is 10.4. The molecule has 0 aromatic heterocycles. The first-order valence-corrected chi connectivity index (χ1v) is 7.92. The Hall–Kier alpha value is -1.11. The number of nitrogens with one attached hydrogen (secondary N) is 1. The van der Waals surface area contributed by atoms with Gasteiger partial charge in [0.15, 0.2) is 0 Å². The lowest BCUT2D eigenvalue weighted by atomic mass is 10.2. The molecule has 1 amide bonds. The molecule has 0 aliphatic heterocycles. The van der Waals surface area contributed by atoms with Crippen LogP contribution in [0.4, 0.5) is 4.79 Å². The predicted molar refractivity (Wildman–Crippen MR) is 86.0 cm³/mol. The highest BCUT2D eigenvalue weighted by Crippen LogP contribution is 2.31. The summed E-state index contributed by atoms with van der Waals surface area (Å²) in [4.78, 5) is 11.3. The van der Waals surface area contributed by atoms with Gasteiger partial charge in [0.25, 0.3) is 0 Å². The van der Waals surface area contributed by atoms with E-state index >= 15 is 0 Å². The fraction of sp³-hybridized carbons (Fsp3) is 0.500. The average Bonchev–Trinajstić information content (AvgIpc) is 2.38. The van der Waals surface area contributed by atoms with Crippen LogP contribution in [-0.2, 0) is 0 Å². The SMILES string of the molecule is CC(C)CN(CCCNC(=O)O)Sc1ccc(Cl)c(O)c1. The number of amides is 1. The van der Waals surface area contributed by atoms with Gasteiger partial charge < -0.3 is 15.5 Å². The quantitative estimate of drug-likeness (QED) is 0.500. The van der Waals surface area contributed by atoms with Gasteiger partial charge in [-0.15, -0.1) is 0 Å². The molecule has 5 nitrogen and oxygen atoms in total. The smallest absolute Gasteiger partial charge is 0.404 e. The summed E-state index contributed by atoms with van der Waals surface area (Å²) in [7, 11) is 0. The van der Waals surface area contributed by atoms with E-state index in [9.17, 15) is 9.90 Å². The predicted octanol–water partition coefficient (Wildman–Crippen LogP) is 3.67. The van der Waals surface area contributed by atoms with E-state index in [0.717, 1.165) is 24.4 Å². The van der Waals surface area contributed by atoms with Crippen molar-refractivity contribution in [3.8, 4) is 5.75 Å². The molecule has 0 aliphatic rings. The Morgan fingerprint density at radius 3 is 2.76 bits per heavy atom. The minimum absolute atomic E-state index is 0.0682. The van der Waals surface area contributed by atoms with Crippen LogP contribution < -0.4 is 5.32 Å². The maximum absolute atomic E-state index is 10.4. The first kappa shape index (κ1) is 17.9. The lowest BCUT2D eigenvalue weighted by Crippen LogP contribution is -2.27. The number of hydrogen-bond donors (Lipinski definition) is 3. The minimum atomic E-state index is -0.999. The maximum Gasteiger partial charge on any atom is 0.404 e. The summed E-state index contributed by atoms with van der Waals surface area (Å²) in [5.74, 6) is 0.560. The van der Waals surface area contributed by atoms with Crippen LogP contribution in [0, 0.1) is 5.92 Å². The highest BCUT2D eigenvalue weighted by Gasteiger charge is 2.11. The van der Waals surface area contributed by atoms with E-state index in [2.05, 4.69) is 23.5 Å². The zero-order valence-electron chi connectivity index (χ0n) is 12.2. The van der Waals surface area contributed by atoms with Gasteiger partial charge in [-0.05, 0) is 42.5 Å². The molecule has 3 N–H and O–H groups in total. The highest BCUT2D eigenvalue weighted by molar-refractivity contribution is 7.97. The third-order valence-electron chi connectivity index (χ3n) is 2.58. The van der Waals surface area contributed by atoms with E-state index in [1.807, 2.05) is 6.07 Å². The van der Waals surface area contributed by atoms with Crippen LogP contribution >= 0.6 is 23.5 Å². The number of benzene rings is 1. The lowest BCUT2D eigenvalue weighted by Gasteiger charge is -2.23. The molecule has 0 spiro atoms. The topological polar surface area (TPSA) is 72.8 Å². The summed E-state index contributed by atoms with van der Waals surface area (Å²) in [6.45, 7) is 6.31. The molecule has 1 aromatic carbocycles. The molecule has 0 atom stereocenters. The van der Waals surface area contributed by atoms with Crippen molar-refractivity contribution in [2.45, 2.75) is 25.2 Å². The average molecular weight is 333 g/mol. The van der Waals surface area contributed by atoms with Crippen LogP contribution in [0.15, 0.2) is 23.1 Å². The summed E-state index contributed by atoms with van der Waals surface area (Å²) in [5, 5.41) is 20.9. The van der Waals surface area contributed by atoms with Crippen LogP contribution in [0.5, 0.6) is 5.75 Å². The van der Waals surface area contributed by atoms with Gasteiger partial charge in [-0.3, -0.25) is 0 Å². The molecule has 0 fully saturated rings. The van der Waals surface area contributed by atoms with Crippen LogP contribution in [0.2, 0.25) is 5.02 Å². The standard InChI is InChI=1S/C14H21ClN2O3S/c1-10(2)9-17(7-3-6-16-14(19)20)21-11-4-5-12(15)13(18)8-11/h4-5,8,10,16,18H,3,6-7,9H2,1-2H3,(H,19,20). The molecular formula is C14H21ClN2O3S. The van der Waals surface area contributed by atoms with Crippen LogP contribution in [0.25, 0.3) is 0 Å². The number of phenols is 1. The molecule has 0 aliphatic carbocycles. The van der Waals surface area contributed by atoms with Crippen molar-refractivity contribution in [2.24, 2.45) is 5.92 Å². The third kappa shape index (κ3) is 7.45. The van der Waals surface area contributed by atoms with Crippen LogP contribution in [0.1, 0.15) is 20.3 Å². The minimum Gasteiger partial charge on any atom is -0.506 e. The van der Waals surface area contributed by atoms with E-state index in [-0.39, 0.29) is 5.75 Å². The van der Waals surface area contributed by atoms with Crippen molar-refractivity contribution >= 4 is 29.6 Å².